The van der Waals surface area contributed by atoms with Crippen LogP contribution in [0.5, 0.6) is 0 Å². The first kappa shape index (κ1) is 11.0. The van der Waals surface area contributed by atoms with Crippen molar-refractivity contribution < 1.29 is 13.2 Å². The molecule has 14 heavy (non-hydrogen) atoms. The molecule has 0 aliphatic heterocycles. The van der Waals surface area contributed by atoms with Crippen molar-refractivity contribution in [2.24, 2.45) is 5.73 Å². The standard InChI is InChI=1S/C10H12F3N/c1-6-3-4-8(5-7(6)2)9(14)10(11,12)13/h3-5,9H,14H2,1-2H3/t9-/m0/s1. The van der Waals surface area contributed by atoms with Crippen LogP contribution >= 0.6 is 0 Å². The molecule has 1 rings (SSSR count). The summed E-state index contributed by atoms with van der Waals surface area (Å²) in [6, 6.07) is 2.66. The average Bonchev–Trinajstić information content (AvgIpc) is 2.07. The first-order valence-corrected chi connectivity index (χ1v) is 4.22. The van der Waals surface area contributed by atoms with Gasteiger partial charge in [-0.25, -0.2) is 0 Å². The fourth-order valence-corrected chi connectivity index (χ4v) is 1.15. The van der Waals surface area contributed by atoms with Crippen molar-refractivity contribution in [1.82, 2.24) is 0 Å². The summed E-state index contributed by atoms with van der Waals surface area (Å²) in [5.74, 6) is 0. The van der Waals surface area contributed by atoms with Crippen LogP contribution in [-0.2, 0) is 0 Å². The molecule has 0 spiro atoms. The summed E-state index contributed by atoms with van der Waals surface area (Å²) < 4.78 is 36.7. The highest BCUT2D eigenvalue weighted by Crippen LogP contribution is 2.30. The van der Waals surface area contributed by atoms with Gasteiger partial charge in [0, 0.05) is 0 Å². The molecule has 0 aliphatic carbocycles. The molecule has 1 nitrogen and oxygen atoms in total. The second kappa shape index (κ2) is 3.61. The van der Waals surface area contributed by atoms with Gasteiger partial charge in [0.1, 0.15) is 6.04 Å². The maximum atomic E-state index is 12.2. The number of hydrogen-bond donors (Lipinski definition) is 1. The largest absolute Gasteiger partial charge is 0.407 e. The van der Waals surface area contributed by atoms with E-state index >= 15 is 0 Å². The Kier molecular flexibility index (Phi) is 2.85. The van der Waals surface area contributed by atoms with E-state index in [-0.39, 0.29) is 5.56 Å². The first-order valence-electron chi connectivity index (χ1n) is 4.22. The van der Waals surface area contributed by atoms with E-state index in [0.717, 1.165) is 11.1 Å². The van der Waals surface area contributed by atoms with Gasteiger partial charge in [0.2, 0.25) is 0 Å². The van der Waals surface area contributed by atoms with Gasteiger partial charge < -0.3 is 5.73 Å². The molecule has 0 saturated carbocycles. The number of aryl methyl sites for hydroxylation is 2. The van der Waals surface area contributed by atoms with Crippen LogP contribution in [0.3, 0.4) is 0 Å². The molecule has 0 amide bonds. The Morgan fingerprint density at radius 2 is 1.71 bits per heavy atom. The summed E-state index contributed by atoms with van der Waals surface area (Å²) in [5.41, 5.74) is 6.96. The molecule has 0 saturated heterocycles. The third kappa shape index (κ3) is 2.26. The lowest BCUT2D eigenvalue weighted by Crippen LogP contribution is -2.28. The zero-order valence-corrected chi connectivity index (χ0v) is 8.02. The molecule has 4 heteroatoms. The van der Waals surface area contributed by atoms with Gasteiger partial charge in [0.25, 0.3) is 0 Å². The quantitative estimate of drug-likeness (QED) is 0.746. The number of rotatable bonds is 1. The summed E-state index contributed by atoms with van der Waals surface area (Å²) in [4.78, 5) is 0. The Morgan fingerprint density at radius 1 is 1.14 bits per heavy atom. The average molecular weight is 203 g/mol. The smallest absolute Gasteiger partial charge is 0.316 e. The van der Waals surface area contributed by atoms with Gasteiger partial charge in [-0.2, -0.15) is 13.2 Å². The van der Waals surface area contributed by atoms with Gasteiger partial charge in [-0.15, -0.1) is 0 Å². The second-order valence-electron chi connectivity index (χ2n) is 3.36. The number of hydrogen-bond acceptors (Lipinski definition) is 1. The molecule has 1 atom stereocenters. The van der Waals surface area contributed by atoms with Crippen molar-refractivity contribution in [2.45, 2.75) is 26.1 Å². The maximum absolute atomic E-state index is 12.2. The lowest BCUT2D eigenvalue weighted by molar-refractivity contribution is -0.149. The maximum Gasteiger partial charge on any atom is 0.407 e. The molecule has 0 heterocycles. The van der Waals surface area contributed by atoms with Gasteiger partial charge in [-0.1, -0.05) is 18.2 Å². The van der Waals surface area contributed by atoms with Gasteiger partial charge in [0.05, 0.1) is 0 Å². The SMILES string of the molecule is Cc1ccc([C@H](N)C(F)(F)F)cc1C. The van der Waals surface area contributed by atoms with Crippen molar-refractivity contribution in [3.8, 4) is 0 Å². The second-order valence-corrected chi connectivity index (χ2v) is 3.36. The van der Waals surface area contributed by atoms with Gasteiger partial charge in [0.15, 0.2) is 0 Å². The Morgan fingerprint density at radius 3 is 2.14 bits per heavy atom. The van der Waals surface area contributed by atoms with E-state index < -0.39 is 12.2 Å². The highest BCUT2D eigenvalue weighted by Gasteiger charge is 2.37. The Hall–Kier alpha value is -1.03. The van der Waals surface area contributed by atoms with E-state index in [1.807, 2.05) is 6.92 Å². The lowest BCUT2D eigenvalue weighted by atomic mass is 10.0. The molecule has 0 bridgehead atoms. The predicted molar refractivity (Wildman–Crippen MR) is 48.9 cm³/mol. The normalized spacial score (nSPS) is 14.1. The van der Waals surface area contributed by atoms with Crippen LogP contribution in [0.4, 0.5) is 13.2 Å². The van der Waals surface area contributed by atoms with Crippen LogP contribution in [-0.4, -0.2) is 6.18 Å². The van der Waals surface area contributed by atoms with Crippen LogP contribution < -0.4 is 5.73 Å². The first-order chi connectivity index (χ1) is 6.32. The molecule has 0 aromatic heterocycles. The van der Waals surface area contributed by atoms with Crippen LogP contribution in [0, 0.1) is 13.8 Å². The minimum atomic E-state index is -4.37. The molecule has 0 unspecified atom stereocenters. The molecule has 78 valence electrons. The van der Waals surface area contributed by atoms with Gasteiger partial charge >= 0.3 is 6.18 Å². The van der Waals surface area contributed by atoms with Crippen LogP contribution in [0.1, 0.15) is 22.7 Å². The molecule has 0 aliphatic rings. The highest BCUT2D eigenvalue weighted by atomic mass is 19.4. The molecule has 1 aromatic rings. The Balaban J connectivity index is 3.03. The fourth-order valence-electron chi connectivity index (χ4n) is 1.15. The molecule has 0 fully saturated rings. The van der Waals surface area contributed by atoms with Crippen LogP contribution in [0.2, 0.25) is 0 Å². The zero-order valence-electron chi connectivity index (χ0n) is 8.02. The highest BCUT2D eigenvalue weighted by molar-refractivity contribution is 5.32. The van der Waals surface area contributed by atoms with E-state index in [2.05, 4.69) is 0 Å². The number of benzene rings is 1. The molecular weight excluding hydrogens is 191 g/mol. The lowest BCUT2D eigenvalue weighted by Gasteiger charge is -2.16. The van der Waals surface area contributed by atoms with Crippen molar-refractivity contribution in [3.05, 3.63) is 34.9 Å². The molecule has 1 aromatic carbocycles. The summed E-state index contributed by atoms with van der Waals surface area (Å²) in [5, 5.41) is 0. The number of halogens is 3. The summed E-state index contributed by atoms with van der Waals surface area (Å²) in [6.07, 6.45) is -4.37. The number of nitrogens with two attached hydrogens (primary N) is 1. The predicted octanol–water partition coefficient (Wildman–Crippen LogP) is 2.87. The topological polar surface area (TPSA) is 26.0 Å². The fraction of sp³-hybridized carbons (Fsp3) is 0.400. The van der Waals surface area contributed by atoms with E-state index in [4.69, 9.17) is 5.73 Å². The summed E-state index contributed by atoms with van der Waals surface area (Å²) >= 11 is 0. The minimum absolute atomic E-state index is 0.112. The van der Waals surface area contributed by atoms with Gasteiger partial charge in [-0.3, -0.25) is 0 Å². The van der Waals surface area contributed by atoms with Crippen molar-refractivity contribution in [2.75, 3.05) is 0 Å². The third-order valence-electron chi connectivity index (χ3n) is 2.24. The summed E-state index contributed by atoms with van der Waals surface area (Å²) in [7, 11) is 0. The number of alkyl halides is 3. The molecule has 2 N–H and O–H groups in total. The van der Waals surface area contributed by atoms with E-state index in [0.29, 0.717) is 0 Å². The summed E-state index contributed by atoms with van der Waals surface area (Å²) in [6.45, 7) is 3.61. The minimum Gasteiger partial charge on any atom is -0.316 e. The molecule has 0 radical (unpaired) electrons. The zero-order chi connectivity index (χ0) is 10.9. The Bertz CT molecular complexity index is 331. The Labute approximate surface area is 80.7 Å². The molecular formula is C10H12F3N. The third-order valence-corrected chi connectivity index (χ3v) is 2.24. The van der Waals surface area contributed by atoms with E-state index in [1.165, 1.54) is 12.1 Å². The van der Waals surface area contributed by atoms with Crippen molar-refractivity contribution in [3.63, 3.8) is 0 Å². The van der Waals surface area contributed by atoms with Crippen molar-refractivity contribution >= 4 is 0 Å². The van der Waals surface area contributed by atoms with E-state index in [9.17, 15) is 13.2 Å². The monoisotopic (exact) mass is 203 g/mol. The van der Waals surface area contributed by atoms with Crippen molar-refractivity contribution in [1.29, 1.82) is 0 Å². The van der Waals surface area contributed by atoms with E-state index in [1.54, 1.807) is 13.0 Å². The van der Waals surface area contributed by atoms with Crippen LogP contribution in [0.15, 0.2) is 18.2 Å². The van der Waals surface area contributed by atoms with Gasteiger partial charge in [-0.05, 0) is 30.5 Å². The van der Waals surface area contributed by atoms with Crippen LogP contribution in [0.25, 0.3) is 0 Å².